The van der Waals surface area contributed by atoms with Crippen LogP contribution < -0.4 is 5.32 Å². The van der Waals surface area contributed by atoms with E-state index in [0.717, 1.165) is 37.9 Å². The Morgan fingerprint density at radius 2 is 1.78 bits per heavy atom. The van der Waals surface area contributed by atoms with Crippen molar-refractivity contribution in [2.24, 2.45) is 5.92 Å². The SMILES string of the molecule is O=C(NC1CCCCC1C(=O)O)C1CCCCS1. The second-order valence-corrected chi connectivity index (χ2v) is 6.51. The number of hydrogen-bond donors (Lipinski definition) is 2. The molecule has 1 saturated carbocycles. The van der Waals surface area contributed by atoms with E-state index in [1.165, 1.54) is 6.42 Å². The summed E-state index contributed by atoms with van der Waals surface area (Å²) in [5, 5.41) is 12.2. The molecule has 3 atom stereocenters. The third-order valence-electron chi connectivity index (χ3n) is 3.88. The van der Waals surface area contributed by atoms with Gasteiger partial charge in [0, 0.05) is 6.04 Å². The molecule has 2 N–H and O–H groups in total. The van der Waals surface area contributed by atoms with Crippen molar-refractivity contribution >= 4 is 23.6 Å². The van der Waals surface area contributed by atoms with E-state index in [-0.39, 0.29) is 17.2 Å². The van der Waals surface area contributed by atoms with Gasteiger partial charge in [-0.15, -0.1) is 11.8 Å². The molecule has 0 spiro atoms. The lowest BCUT2D eigenvalue weighted by atomic mass is 9.84. The van der Waals surface area contributed by atoms with Crippen LogP contribution in [0.4, 0.5) is 0 Å². The average molecular weight is 271 g/mol. The minimum atomic E-state index is -0.767. The highest BCUT2D eigenvalue weighted by Gasteiger charge is 2.33. The highest BCUT2D eigenvalue weighted by molar-refractivity contribution is 8.00. The van der Waals surface area contributed by atoms with Gasteiger partial charge >= 0.3 is 5.97 Å². The Morgan fingerprint density at radius 1 is 1.06 bits per heavy atom. The first kappa shape index (κ1) is 13.7. The number of carboxylic acid groups (broad SMARTS) is 1. The fourth-order valence-electron chi connectivity index (χ4n) is 2.82. The van der Waals surface area contributed by atoms with Gasteiger partial charge in [-0.1, -0.05) is 19.3 Å². The predicted octanol–water partition coefficient (Wildman–Crippen LogP) is 2.03. The zero-order valence-corrected chi connectivity index (χ0v) is 11.4. The van der Waals surface area contributed by atoms with Gasteiger partial charge in [-0.2, -0.15) is 0 Å². The van der Waals surface area contributed by atoms with Gasteiger partial charge in [-0.25, -0.2) is 0 Å². The van der Waals surface area contributed by atoms with E-state index >= 15 is 0 Å². The van der Waals surface area contributed by atoms with Crippen molar-refractivity contribution in [2.45, 2.75) is 56.2 Å². The van der Waals surface area contributed by atoms with Gasteiger partial charge in [0.25, 0.3) is 0 Å². The first-order valence-electron chi connectivity index (χ1n) is 6.83. The molecule has 2 rings (SSSR count). The molecule has 0 aromatic heterocycles. The van der Waals surface area contributed by atoms with Gasteiger partial charge < -0.3 is 10.4 Å². The summed E-state index contributed by atoms with van der Waals surface area (Å²) in [5.74, 6) is -0.0593. The van der Waals surface area contributed by atoms with Crippen molar-refractivity contribution in [3.8, 4) is 0 Å². The molecule has 5 heteroatoms. The number of hydrogen-bond acceptors (Lipinski definition) is 3. The lowest BCUT2D eigenvalue weighted by molar-refractivity contribution is -0.144. The van der Waals surface area contributed by atoms with Crippen LogP contribution in [-0.2, 0) is 9.59 Å². The first-order chi connectivity index (χ1) is 8.68. The van der Waals surface area contributed by atoms with E-state index in [1.54, 1.807) is 11.8 Å². The van der Waals surface area contributed by atoms with Crippen molar-refractivity contribution in [2.75, 3.05) is 5.75 Å². The molecule has 2 aliphatic rings. The van der Waals surface area contributed by atoms with E-state index in [4.69, 9.17) is 0 Å². The Labute approximate surface area is 112 Å². The second kappa shape index (κ2) is 6.45. The number of carbonyl (C=O) groups is 2. The normalized spacial score (nSPS) is 32.8. The van der Waals surface area contributed by atoms with Crippen LogP contribution in [0.1, 0.15) is 44.9 Å². The molecule has 4 nitrogen and oxygen atoms in total. The molecule has 1 amide bonds. The highest BCUT2D eigenvalue weighted by atomic mass is 32.2. The first-order valence-corrected chi connectivity index (χ1v) is 7.88. The van der Waals surface area contributed by atoms with Crippen molar-refractivity contribution in [1.82, 2.24) is 5.32 Å². The van der Waals surface area contributed by atoms with Gasteiger partial charge in [-0.3, -0.25) is 9.59 Å². The zero-order chi connectivity index (χ0) is 13.0. The Morgan fingerprint density at radius 3 is 2.44 bits per heavy atom. The molecule has 0 aromatic carbocycles. The van der Waals surface area contributed by atoms with Crippen LogP contribution in [0.3, 0.4) is 0 Å². The van der Waals surface area contributed by atoms with Crippen LogP contribution in [0.25, 0.3) is 0 Å². The Hall–Kier alpha value is -0.710. The number of nitrogens with one attached hydrogen (secondary N) is 1. The van der Waals surface area contributed by atoms with Crippen LogP contribution >= 0.6 is 11.8 Å². The monoisotopic (exact) mass is 271 g/mol. The molecule has 2 fully saturated rings. The topological polar surface area (TPSA) is 66.4 Å². The van der Waals surface area contributed by atoms with E-state index < -0.39 is 11.9 Å². The van der Waals surface area contributed by atoms with Crippen molar-refractivity contribution in [1.29, 1.82) is 0 Å². The summed E-state index contributed by atoms with van der Waals surface area (Å²) in [4.78, 5) is 23.3. The Balaban J connectivity index is 1.89. The lowest BCUT2D eigenvalue weighted by Crippen LogP contribution is -2.48. The molecule has 18 heavy (non-hydrogen) atoms. The molecule has 1 aliphatic heterocycles. The molecule has 1 saturated heterocycles. The van der Waals surface area contributed by atoms with E-state index in [2.05, 4.69) is 5.32 Å². The quantitative estimate of drug-likeness (QED) is 0.824. The molecule has 0 radical (unpaired) electrons. The summed E-state index contributed by atoms with van der Waals surface area (Å²) in [6.45, 7) is 0. The smallest absolute Gasteiger partial charge is 0.308 e. The van der Waals surface area contributed by atoms with E-state index in [0.29, 0.717) is 6.42 Å². The average Bonchev–Trinajstić information content (AvgIpc) is 2.40. The van der Waals surface area contributed by atoms with Crippen LogP contribution in [0.15, 0.2) is 0 Å². The molecule has 0 bridgehead atoms. The minimum absolute atomic E-state index is 0.0371. The molecule has 0 aromatic rings. The number of carbonyl (C=O) groups excluding carboxylic acids is 1. The van der Waals surface area contributed by atoms with Crippen molar-refractivity contribution < 1.29 is 14.7 Å². The lowest BCUT2D eigenvalue weighted by Gasteiger charge is -2.31. The fourth-order valence-corrected chi connectivity index (χ4v) is 4.03. The molecular weight excluding hydrogens is 250 g/mol. The molecule has 3 unspecified atom stereocenters. The Bertz CT molecular complexity index is 315. The number of amides is 1. The van der Waals surface area contributed by atoms with Crippen LogP contribution in [-0.4, -0.2) is 34.0 Å². The molecular formula is C13H21NO3S. The molecule has 1 heterocycles. The van der Waals surface area contributed by atoms with E-state index in [9.17, 15) is 14.7 Å². The van der Waals surface area contributed by atoms with Crippen molar-refractivity contribution in [3.63, 3.8) is 0 Å². The number of aliphatic carboxylic acids is 1. The highest BCUT2D eigenvalue weighted by Crippen LogP contribution is 2.28. The second-order valence-electron chi connectivity index (χ2n) is 5.20. The van der Waals surface area contributed by atoms with E-state index in [1.807, 2.05) is 0 Å². The summed E-state index contributed by atoms with van der Waals surface area (Å²) in [6.07, 6.45) is 6.71. The predicted molar refractivity (Wildman–Crippen MR) is 71.6 cm³/mol. The van der Waals surface area contributed by atoms with Gasteiger partial charge in [-0.05, 0) is 31.4 Å². The van der Waals surface area contributed by atoms with Gasteiger partial charge in [0.1, 0.15) is 0 Å². The summed E-state index contributed by atoms with van der Waals surface area (Å²) in [7, 11) is 0. The number of carboxylic acids is 1. The van der Waals surface area contributed by atoms with Crippen LogP contribution in [0, 0.1) is 5.92 Å². The standard InChI is InChI=1S/C13H21NO3S/c15-12(11-7-3-4-8-18-11)14-10-6-2-1-5-9(10)13(16)17/h9-11H,1-8H2,(H,14,15)(H,16,17). The van der Waals surface area contributed by atoms with Gasteiger partial charge in [0.05, 0.1) is 11.2 Å². The number of thioether (sulfide) groups is 1. The van der Waals surface area contributed by atoms with Gasteiger partial charge in [0.2, 0.25) is 5.91 Å². The maximum Gasteiger partial charge on any atom is 0.308 e. The van der Waals surface area contributed by atoms with Crippen LogP contribution in [0.5, 0.6) is 0 Å². The third kappa shape index (κ3) is 3.40. The minimum Gasteiger partial charge on any atom is -0.481 e. The fraction of sp³-hybridized carbons (Fsp3) is 0.846. The molecule has 1 aliphatic carbocycles. The zero-order valence-electron chi connectivity index (χ0n) is 10.6. The van der Waals surface area contributed by atoms with Gasteiger partial charge in [0.15, 0.2) is 0 Å². The Kier molecular flexibility index (Phi) is 4.92. The maximum absolute atomic E-state index is 12.1. The number of rotatable bonds is 3. The largest absolute Gasteiger partial charge is 0.481 e. The van der Waals surface area contributed by atoms with Crippen LogP contribution in [0.2, 0.25) is 0 Å². The third-order valence-corrected chi connectivity index (χ3v) is 5.26. The molecule has 102 valence electrons. The summed E-state index contributed by atoms with van der Waals surface area (Å²) >= 11 is 1.71. The summed E-state index contributed by atoms with van der Waals surface area (Å²) < 4.78 is 0. The summed E-state index contributed by atoms with van der Waals surface area (Å²) in [5.41, 5.74) is 0. The summed E-state index contributed by atoms with van der Waals surface area (Å²) in [6, 6.07) is -0.161. The van der Waals surface area contributed by atoms with Crippen molar-refractivity contribution in [3.05, 3.63) is 0 Å². The maximum atomic E-state index is 12.1.